The molecule has 0 aromatic heterocycles. The highest BCUT2D eigenvalue weighted by Gasteiger charge is 2.28. The zero-order chi connectivity index (χ0) is 24.1. The van der Waals surface area contributed by atoms with E-state index >= 15 is 0 Å². The molecule has 1 unspecified atom stereocenters. The lowest BCUT2D eigenvalue weighted by Gasteiger charge is -2.25. The number of amides is 1. The molecule has 34 heavy (non-hydrogen) atoms. The Morgan fingerprint density at radius 2 is 1.41 bits per heavy atom. The summed E-state index contributed by atoms with van der Waals surface area (Å²) in [5.74, 6) is -0.0656. The van der Waals surface area contributed by atoms with Crippen LogP contribution in [-0.2, 0) is 11.2 Å². The summed E-state index contributed by atoms with van der Waals surface area (Å²) < 4.78 is 0. The number of hydrogen-bond acceptors (Lipinski definition) is 5. The first-order valence-corrected chi connectivity index (χ1v) is 11.8. The number of hydrogen-bond donors (Lipinski definition) is 3. The molecule has 3 N–H and O–H groups in total. The highest BCUT2D eigenvalue weighted by molar-refractivity contribution is 6.30. The fourth-order valence-corrected chi connectivity index (χ4v) is 4.78. The Labute approximate surface area is 204 Å². The molecule has 1 amide bonds. The highest BCUT2D eigenvalue weighted by Crippen LogP contribution is 2.37. The van der Waals surface area contributed by atoms with E-state index in [4.69, 9.17) is 11.6 Å². The smallest absolute Gasteiger partial charge is 0.231 e. The van der Waals surface area contributed by atoms with Gasteiger partial charge in [-0.1, -0.05) is 48.0 Å². The third kappa shape index (κ3) is 5.10. The molecule has 178 valence electrons. The molecule has 0 saturated carbocycles. The Morgan fingerprint density at radius 1 is 0.824 bits per heavy atom. The van der Waals surface area contributed by atoms with Crippen LogP contribution < -0.4 is 9.80 Å². The van der Waals surface area contributed by atoms with Gasteiger partial charge in [0.2, 0.25) is 5.91 Å². The van der Waals surface area contributed by atoms with E-state index in [-0.39, 0.29) is 31.6 Å². The van der Waals surface area contributed by atoms with Gasteiger partial charge in [-0.25, -0.2) is 0 Å². The van der Waals surface area contributed by atoms with E-state index in [9.17, 15) is 20.1 Å². The van der Waals surface area contributed by atoms with Crippen LogP contribution in [-0.4, -0.2) is 60.7 Å². The van der Waals surface area contributed by atoms with Gasteiger partial charge >= 0.3 is 0 Å². The number of benzene rings is 3. The van der Waals surface area contributed by atoms with Crippen LogP contribution in [0.5, 0.6) is 0 Å². The maximum absolute atomic E-state index is 12.4. The minimum absolute atomic E-state index is 0.00135. The second kappa shape index (κ2) is 11.0. The predicted octanol–water partition coefficient (Wildman–Crippen LogP) is 3.19. The summed E-state index contributed by atoms with van der Waals surface area (Å²) in [6, 6.07) is 22.0. The van der Waals surface area contributed by atoms with Gasteiger partial charge in [-0.2, -0.15) is 0 Å². The molecular weight excluding hydrogens is 452 g/mol. The van der Waals surface area contributed by atoms with Crippen molar-refractivity contribution in [2.45, 2.75) is 12.3 Å². The maximum Gasteiger partial charge on any atom is 0.231 e. The molecule has 0 fully saturated rings. The number of aliphatic hydroxyl groups excluding tert-OH is 3. The summed E-state index contributed by atoms with van der Waals surface area (Å²) in [6.07, 6.45) is 0.326. The van der Waals surface area contributed by atoms with E-state index in [1.165, 1.54) is 0 Å². The number of nitrogens with zero attached hydrogens (tertiary/aromatic N) is 2. The first-order valence-electron chi connectivity index (χ1n) is 11.4. The van der Waals surface area contributed by atoms with Gasteiger partial charge in [0.05, 0.1) is 26.2 Å². The fourth-order valence-electron chi connectivity index (χ4n) is 4.65. The van der Waals surface area contributed by atoms with Gasteiger partial charge in [0.15, 0.2) is 0 Å². The molecule has 1 aliphatic heterocycles. The molecule has 0 saturated heterocycles. The first kappa shape index (κ1) is 24.2. The van der Waals surface area contributed by atoms with Gasteiger partial charge < -0.3 is 25.1 Å². The van der Waals surface area contributed by atoms with Crippen molar-refractivity contribution in [3.05, 3.63) is 94.0 Å². The second-order valence-corrected chi connectivity index (χ2v) is 8.78. The Balaban J connectivity index is 1.73. The van der Waals surface area contributed by atoms with Crippen LogP contribution in [0.2, 0.25) is 5.02 Å². The molecule has 1 heterocycles. The summed E-state index contributed by atoms with van der Waals surface area (Å²) in [6.45, 7) is 1.14. The lowest BCUT2D eigenvalue weighted by molar-refractivity contribution is -0.117. The molecule has 6 nitrogen and oxygen atoms in total. The quantitative estimate of drug-likeness (QED) is 0.388. The van der Waals surface area contributed by atoms with E-state index in [0.29, 0.717) is 31.1 Å². The van der Waals surface area contributed by atoms with Crippen LogP contribution in [0.25, 0.3) is 0 Å². The van der Waals surface area contributed by atoms with Crippen LogP contribution >= 0.6 is 11.6 Å². The molecule has 3 aromatic rings. The fraction of sp³-hybridized carbons (Fsp3) is 0.296. The summed E-state index contributed by atoms with van der Waals surface area (Å²) in [4.78, 5) is 16.0. The average molecular weight is 481 g/mol. The molecular formula is C27H29ClN2O4. The number of halogens is 1. The lowest BCUT2D eigenvalue weighted by atomic mass is 9.84. The Bertz CT molecular complexity index is 1110. The Kier molecular flexibility index (Phi) is 7.85. The standard InChI is InChI=1S/C27H29ClN2O4/c28-23-6-1-19(2-7-23)27(20-3-8-24(9-4-20)29(11-14-31)12-15-32)21-5-10-25-22(17-21)18-26(34)30(25)13-16-33/h1-10,17,27,31-33H,11-16,18H2. The number of rotatable bonds is 10. The minimum Gasteiger partial charge on any atom is -0.395 e. The minimum atomic E-state index is -0.0732. The zero-order valence-electron chi connectivity index (χ0n) is 18.9. The average Bonchev–Trinajstić information content (AvgIpc) is 3.15. The van der Waals surface area contributed by atoms with Crippen molar-refractivity contribution < 1.29 is 20.1 Å². The third-order valence-corrected chi connectivity index (χ3v) is 6.48. The van der Waals surface area contributed by atoms with Gasteiger partial charge in [-0.3, -0.25) is 4.79 Å². The van der Waals surface area contributed by atoms with Crippen LogP contribution in [0.15, 0.2) is 66.7 Å². The molecule has 3 aromatic carbocycles. The second-order valence-electron chi connectivity index (χ2n) is 8.34. The molecule has 4 rings (SSSR count). The van der Waals surface area contributed by atoms with E-state index in [2.05, 4.69) is 18.2 Å². The van der Waals surface area contributed by atoms with Crippen molar-refractivity contribution in [3.8, 4) is 0 Å². The molecule has 7 heteroatoms. The number of carbonyl (C=O) groups excluding carboxylic acids is 1. The summed E-state index contributed by atoms with van der Waals surface area (Å²) >= 11 is 6.15. The van der Waals surface area contributed by atoms with Crippen LogP contribution in [0.1, 0.15) is 28.2 Å². The Morgan fingerprint density at radius 3 is 2.00 bits per heavy atom. The van der Waals surface area contributed by atoms with E-state index < -0.39 is 0 Å². The summed E-state index contributed by atoms with van der Waals surface area (Å²) in [5.41, 5.74) is 5.97. The third-order valence-electron chi connectivity index (χ3n) is 6.23. The number of anilines is 2. The maximum atomic E-state index is 12.4. The van der Waals surface area contributed by atoms with Gasteiger partial charge in [-0.15, -0.1) is 0 Å². The van der Waals surface area contributed by atoms with Crippen LogP contribution in [0.3, 0.4) is 0 Å². The molecule has 1 atom stereocenters. The van der Waals surface area contributed by atoms with Crippen molar-refractivity contribution in [1.82, 2.24) is 0 Å². The van der Waals surface area contributed by atoms with Crippen molar-refractivity contribution in [2.24, 2.45) is 0 Å². The number of aliphatic hydroxyl groups is 3. The van der Waals surface area contributed by atoms with Crippen molar-refractivity contribution in [3.63, 3.8) is 0 Å². The molecule has 0 aliphatic carbocycles. The van der Waals surface area contributed by atoms with Crippen molar-refractivity contribution in [2.75, 3.05) is 49.3 Å². The van der Waals surface area contributed by atoms with E-state index in [0.717, 1.165) is 33.6 Å². The topological polar surface area (TPSA) is 84.2 Å². The molecule has 0 radical (unpaired) electrons. The molecule has 0 bridgehead atoms. The number of β-amino-alcohol motifs (C(OH)–C–C–N with tert-alkyl or cyclic N) is 1. The summed E-state index contributed by atoms with van der Waals surface area (Å²) in [7, 11) is 0. The van der Waals surface area contributed by atoms with Crippen molar-refractivity contribution in [1.29, 1.82) is 0 Å². The molecule has 0 spiro atoms. The van der Waals surface area contributed by atoms with Crippen LogP contribution in [0, 0.1) is 0 Å². The van der Waals surface area contributed by atoms with Gasteiger partial charge in [0.25, 0.3) is 0 Å². The van der Waals surface area contributed by atoms with E-state index in [1.54, 1.807) is 4.90 Å². The van der Waals surface area contributed by atoms with E-state index in [1.807, 2.05) is 53.4 Å². The highest BCUT2D eigenvalue weighted by atomic mass is 35.5. The molecule has 1 aliphatic rings. The predicted molar refractivity (Wildman–Crippen MR) is 135 cm³/mol. The Hall–Kier alpha value is -2.90. The van der Waals surface area contributed by atoms with Gasteiger partial charge in [0.1, 0.15) is 0 Å². The lowest BCUT2D eigenvalue weighted by Crippen LogP contribution is -2.29. The normalized spacial score (nSPS) is 13.8. The SMILES string of the molecule is O=C1Cc2cc(C(c3ccc(Cl)cc3)c3ccc(N(CCO)CCO)cc3)ccc2N1CCO. The zero-order valence-corrected chi connectivity index (χ0v) is 19.7. The largest absolute Gasteiger partial charge is 0.395 e. The number of fused-ring (bicyclic) bond motifs is 1. The van der Waals surface area contributed by atoms with Gasteiger partial charge in [-0.05, 0) is 52.6 Å². The summed E-state index contributed by atoms with van der Waals surface area (Å²) in [5, 5.41) is 28.7. The number of carbonyl (C=O) groups is 1. The first-order chi connectivity index (χ1) is 16.5. The van der Waals surface area contributed by atoms with Crippen LogP contribution in [0.4, 0.5) is 11.4 Å². The monoisotopic (exact) mass is 480 g/mol. The van der Waals surface area contributed by atoms with Crippen molar-refractivity contribution >= 4 is 28.9 Å². The van der Waals surface area contributed by atoms with Gasteiger partial charge in [0, 0.05) is 41.9 Å².